The fraction of sp³-hybridized carbons (Fsp3) is 0.480. The van der Waals surface area contributed by atoms with Crippen LogP contribution < -0.4 is 14.8 Å². The molecule has 2 heterocycles. The van der Waals surface area contributed by atoms with E-state index >= 15 is 0 Å². The molecule has 1 saturated carbocycles. The van der Waals surface area contributed by atoms with Crippen LogP contribution in [0.4, 0.5) is 5.69 Å². The molecule has 0 bridgehead atoms. The molecule has 9 heteroatoms. The number of fused-ring (bicyclic) bond motifs is 3. The van der Waals surface area contributed by atoms with Crippen molar-refractivity contribution in [3.05, 3.63) is 54.1 Å². The number of amides is 1. The third-order valence-corrected chi connectivity index (χ3v) is 8.34. The van der Waals surface area contributed by atoms with Crippen molar-refractivity contribution in [1.29, 1.82) is 0 Å². The van der Waals surface area contributed by atoms with Gasteiger partial charge in [-0.2, -0.15) is 0 Å². The second-order valence-corrected chi connectivity index (χ2v) is 11.0. The number of carbonyl (C=O) groups excluding carboxylic acids is 1. The van der Waals surface area contributed by atoms with Crippen molar-refractivity contribution in [2.24, 2.45) is 0 Å². The molecule has 0 spiro atoms. The Hall–Kier alpha value is -2.62. The fourth-order valence-corrected chi connectivity index (χ4v) is 6.40. The molecule has 2 fully saturated rings. The molecule has 1 saturated heterocycles. The second kappa shape index (κ2) is 9.56. The lowest BCUT2D eigenvalue weighted by Gasteiger charge is -2.37. The lowest BCUT2D eigenvalue weighted by Crippen LogP contribution is -2.47. The summed E-state index contributed by atoms with van der Waals surface area (Å²) in [6, 6.07) is 13.6. The fourth-order valence-electron chi connectivity index (χ4n) is 5.33. The Morgan fingerprint density at radius 3 is 2.59 bits per heavy atom. The van der Waals surface area contributed by atoms with Crippen LogP contribution in [0, 0.1) is 0 Å². The predicted molar refractivity (Wildman–Crippen MR) is 126 cm³/mol. The molecule has 0 unspecified atom stereocenters. The lowest BCUT2D eigenvalue weighted by atomic mass is 9.84. The molecule has 0 radical (unpaired) electrons. The molecule has 0 aromatic heterocycles. The number of aliphatic hydroxyl groups is 1. The number of sulfonamides is 1. The summed E-state index contributed by atoms with van der Waals surface area (Å²) in [4.78, 5) is 12.8. The molecular weight excluding hydrogens is 456 g/mol. The molecule has 4 atom stereocenters. The standard InChI is InChI=1S/C25H30N2O6S/c28-15-23-25-21(13-18(32-23)14-24(29)26-16-6-4-5-7-16)20-12-17(10-11-22(20)33-25)27-34(30,31)19-8-2-1-3-9-19/h1-3,8-12,16,18,21,23,25,27-28H,4-7,13-15H2,(H,26,29)/t18-,21+,23-,25-/m1/s1. The van der Waals surface area contributed by atoms with Crippen LogP contribution in [-0.2, 0) is 19.6 Å². The summed E-state index contributed by atoms with van der Waals surface area (Å²) in [5.74, 6) is 0.512. The minimum Gasteiger partial charge on any atom is -0.487 e. The molecule has 2 aromatic carbocycles. The second-order valence-electron chi connectivity index (χ2n) is 9.33. The number of rotatable bonds is 7. The number of anilines is 1. The molecule has 1 amide bonds. The predicted octanol–water partition coefficient (Wildman–Crippen LogP) is 2.93. The van der Waals surface area contributed by atoms with E-state index in [0.717, 1.165) is 31.2 Å². The van der Waals surface area contributed by atoms with Gasteiger partial charge in [0.05, 0.1) is 24.0 Å². The third-order valence-electron chi connectivity index (χ3n) is 6.94. The van der Waals surface area contributed by atoms with Gasteiger partial charge in [-0.1, -0.05) is 31.0 Å². The van der Waals surface area contributed by atoms with E-state index in [1.54, 1.807) is 48.5 Å². The maximum absolute atomic E-state index is 12.8. The van der Waals surface area contributed by atoms with Crippen LogP contribution in [0.5, 0.6) is 5.75 Å². The Bertz CT molecular complexity index is 1130. The third kappa shape index (κ3) is 4.78. The van der Waals surface area contributed by atoms with Crippen LogP contribution in [0.15, 0.2) is 53.4 Å². The normalized spacial score (nSPS) is 26.4. The summed E-state index contributed by atoms with van der Waals surface area (Å²) in [6.07, 6.45) is 3.83. The molecule has 2 aromatic rings. The summed E-state index contributed by atoms with van der Waals surface area (Å²) in [5.41, 5.74) is 1.30. The van der Waals surface area contributed by atoms with E-state index in [4.69, 9.17) is 9.47 Å². The van der Waals surface area contributed by atoms with Crippen LogP contribution in [0.25, 0.3) is 0 Å². The topological polar surface area (TPSA) is 114 Å². The maximum Gasteiger partial charge on any atom is 0.261 e. The average Bonchev–Trinajstić information content (AvgIpc) is 3.46. The van der Waals surface area contributed by atoms with Gasteiger partial charge in [0, 0.05) is 23.2 Å². The largest absolute Gasteiger partial charge is 0.487 e. The quantitative estimate of drug-likeness (QED) is 0.555. The van der Waals surface area contributed by atoms with Gasteiger partial charge in [-0.25, -0.2) is 8.42 Å². The van der Waals surface area contributed by atoms with Gasteiger partial charge in [0.25, 0.3) is 10.0 Å². The van der Waals surface area contributed by atoms with Gasteiger partial charge in [-0.05, 0) is 49.6 Å². The Morgan fingerprint density at radius 1 is 1.09 bits per heavy atom. The molecule has 3 aliphatic rings. The van der Waals surface area contributed by atoms with Crippen LogP contribution in [0.3, 0.4) is 0 Å². The molecule has 3 N–H and O–H groups in total. The summed E-state index contributed by atoms with van der Waals surface area (Å²) in [6.45, 7) is -0.219. The first-order chi connectivity index (χ1) is 16.4. The van der Waals surface area contributed by atoms with Crippen molar-refractivity contribution in [2.45, 2.75) is 73.7 Å². The zero-order chi connectivity index (χ0) is 23.7. The van der Waals surface area contributed by atoms with E-state index in [0.29, 0.717) is 17.9 Å². The monoisotopic (exact) mass is 486 g/mol. The summed E-state index contributed by atoms with van der Waals surface area (Å²) in [5, 5.41) is 13.0. The van der Waals surface area contributed by atoms with Gasteiger partial charge in [-0.3, -0.25) is 9.52 Å². The Labute approximate surface area is 199 Å². The Morgan fingerprint density at radius 2 is 1.85 bits per heavy atom. The number of aliphatic hydroxyl groups excluding tert-OH is 1. The molecule has 34 heavy (non-hydrogen) atoms. The first-order valence-electron chi connectivity index (χ1n) is 11.9. The van der Waals surface area contributed by atoms with Crippen molar-refractivity contribution in [2.75, 3.05) is 11.3 Å². The Balaban J connectivity index is 1.32. The molecule has 1 aliphatic carbocycles. The highest BCUT2D eigenvalue weighted by molar-refractivity contribution is 7.92. The minimum atomic E-state index is -3.72. The number of benzene rings is 2. The number of nitrogens with one attached hydrogen (secondary N) is 2. The Kier molecular flexibility index (Phi) is 6.50. The highest BCUT2D eigenvalue weighted by atomic mass is 32.2. The van der Waals surface area contributed by atoms with Crippen LogP contribution in [-0.4, -0.2) is 50.4 Å². The minimum absolute atomic E-state index is 0.0319. The maximum atomic E-state index is 12.8. The van der Waals surface area contributed by atoms with Crippen LogP contribution >= 0.6 is 0 Å². The van der Waals surface area contributed by atoms with Gasteiger partial charge in [-0.15, -0.1) is 0 Å². The van der Waals surface area contributed by atoms with Crippen molar-refractivity contribution in [1.82, 2.24) is 5.32 Å². The van der Waals surface area contributed by atoms with Crippen molar-refractivity contribution < 1.29 is 27.8 Å². The van der Waals surface area contributed by atoms with Crippen LogP contribution in [0.2, 0.25) is 0 Å². The SMILES string of the molecule is O=C(C[C@H]1C[C@H]2c3cc(NS(=O)(=O)c4ccccc4)ccc3O[C@H]2[C@@H](CO)O1)NC1CCCC1. The number of carbonyl (C=O) groups is 1. The first-order valence-corrected chi connectivity index (χ1v) is 13.4. The first kappa shape index (κ1) is 23.1. The van der Waals surface area contributed by atoms with Crippen molar-refractivity contribution in [3.63, 3.8) is 0 Å². The van der Waals surface area contributed by atoms with Gasteiger partial charge in [0.2, 0.25) is 5.91 Å². The van der Waals surface area contributed by atoms with Crippen molar-refractivity contribution >= 4 is 21.6 Å². The lowest BCUT2D eigenvalue weighted by molar-refractivity contribution is -0.142. The molecule has 182 valence electrons. The number of ether oxygens (including phenoxy) is 2. The summed E-state index contributed by atoms with van der Waals surface area (Å²) in [7, 11) is -3.72. The zero-order valence-electron chi connectivity index (χ0n) is 18.9. The molecule has 5 rings (SSSR count). The van der Waals surface area contributed by atoms with E-state index in [2.05, 4.69) is 10.0 Å². The molecule has 2 aliphatic heterocycles. The summed E-state index contributed by atoms with van der Waals surface area (Å²) < 4.78 is 40.3. The van der Waals surface area contributed by atoms with Gasteiger partial charge in [0.1, 0.15) is 18.0 Å². The van der Waals surface area contributed by atoms with E-state index in [9.17, 15) is 18.3 Å². The van der Waals surface area contributed by atoms with Gasteiger partial charge in [0.15, 0.2) is 0 Å². The van der Waals surface area contributed by atoms with Crippen molar-refractivity contribution in [3.8, 4) is 5.75 Å². The number of hydrogen-bond donors (Lipinski definition) is 3. The highest BCUT2D eigenvalue weighted by Gasteiger charge is 2.46. The van der Waals surface area contributed by atoms with E-state index in [-0.39, 0.29) is 48.0 Å². The average molecular weight is 487 g/mol. The summed E-state index contributed by atoms with van der Waals surface area (Å²) >= 11 is 0. The highest BCUT2D eigenvalue weighted by Crippen LogP contribution is 2.47. The van der Waals surface area contributed by atoms with E-state index < -0.39 is 16.1 Å². The zero-order valence-corrected chi connectivity index (χ0v) is 19.7. The van der Waals surface area contributed by atoms with E-state index in [1.807, 2.05) is 0 Å². The number of hydrogen-bond acceptors (Lipinski definition) is 6. The smallest absolute Gasteiger partial charge is 0.261 e. The van der Waals surface area contributed by atoms with E-state index in [1.165, 1.54) is 0 Å². The molecule has 8 nitrogen and oxygen atoms in total. The van der Waals surface area contributed by atoms with Crippen LogP contribution in [0.1, 0.15) is 50.0 Å². The molecular formula is C25H30N2O6S. The van der Waals surface area contributed by atoms with Gasteiger partial charge >= 0.3 is 0 Å². The van der Waals surface area contributed by atoms with Gasteiger partial charge < -0.3 is 19.9 Å².